The molecule has 3 nitrogen and oxygen atoms in total. The second kappa shape index (κ2) is 7.66. The first-order chi connectivity index (χ1) is 6.33. The third kappa shape index (κ3) is 5.11. The van der Waals surface area contributed by atoms with E-state index in [1.54, 1.807) is 0 Å². The van der Waals surface area contributed by atoms with Crippen molar-refractivity contribution in [2.45, 2.75) is 19.3 Å². The van der Waals surface area contributed by atoms with Gasteiger partial charge in [-0.15, -0.1) is 12.4 Å². The van der Waals surface area contributed by atoms with Gasteiger partial charge in [-0.05, 0) is 31.8 Å². The second-order valence-corrected chi connectivity index (χ2v) is 3.19. The third-order valence-electron chi connectivity index (χ3n) is 2.23. The molecule has 0 saturated carbocycles. The molecule has 1 aliphatic rings. The van der Waals surface area contributed by atoms with E-state index in [9.17, 15) is 4.79 Å². The normalized spacial score (nSPS) is 16.1. The highest BCUT2D eigenvalue weighted by Crippen LogP contribution is 2.14. The van der Waals surface area contributed by atoms with Crippen molar-refractivity contribution in [3.8, 4) is 11.8 Å². The Morgan fingerprint density at radius 2 is 2.14 bits per heavy atom. The van der Waals surface area contributed by atoms with Gasteiger partial charge >= 0.3 is 5.97 Å². The van der Waals surface area contributed by atoms with Crippen LogP contribution in [0.15, 0.2) is 0 Å². The van der Waals surface area contributed by atoms with Crippen LogP contribution < -0.4 is 5.32 Å². The lowest BCUT2D eigenvalue weighted by Gasteiger charge is -2.19. The summed E-state index contributed by atoms with van der Waals surface area (Å²) in [5.41, 5.74) is 0. The summed E-state index contributed by atoms with van der Waals surface area (Å²) in [6, 6.07) is 0. The van der Waals surface area contributed by atoms with Crippen LogP contribution in [0.1, 0.15) is 19.3 Å². The van der Waals surface area contributed by atoms with E-state index in [1.165, 1.54) is 7.11 Å². The van der Waals surface area contributed by atoms with Crippen molar-refractivity contribution in [1.82, 2.24) is 5.32 Å². The van der Waals surface area contributed by atoms with Crippen LogP contribution in [0.2, 0.25) is 0 Å². The van der Waals surface area contributed by atoms with E-state index in [-0.39, 0.29) is 12.4 Å². The maximum absolute atomic E-state index is 10.6. The zero-order chi connectivity index (χ0) is 9.52. The van der Waals surface area contributed by atoms with E-state index >= 15 is 0 Å². The largest absolute Gasteiger partial charge is 0.459 e. The van der Waals surface area contributed by atoms with Gasteiger partial charge in [0.1, 0.15) is 0 Å². The van der Waals surface area contributed by atoms with Crippen molar-refractivity contribution in [2.75, 3.05) is 20.2 Å². The Morgan fingerprint density at radius 3 is 2.71 bits per heavy atom. The molecule has 0 unspecified atom stereocenters. The second-order valence-electron chi connectivity index (χ2n) is 3.19. The Labute approximate surface area is 91.0 Å². The van der Waals surface area contributed by atoms with Gasteiger partial charge in [-0.3, -0.25) is 0 Å². The van der Waals surface area contributed by atoms with Crippen LogP contribution in [0, 0.1) is 17.8 Å². The molecule has 0 radical (unpaired) electrons. The van der Waals surface area contributed by atoms with Crippen LogP contribution in [-0.2, 0) is 9.53 Å². The van der Waals surface area contributed by atoms with E-state index in [0.717, 1.165) is 32.4 Å². The van der Waals surface area contributed by atoms with Gasteiger partial charge in [-0.1, -0.05) is 5.92 Å². The van der Waals surface area contributed by atoms with E-state index in [4.69, 9.17) is 0 Å². The predicted octanol–water partition coefficient (Wildman–Crippen LogP) is 0.974. The fourth-order valence-corrected chi connectivity index (χ4v) is 1.40. The fourth-order valence-electron chi connectivity index (χ4n) is 1.40. The summed E-state index contributed by atoms with van der Waals surface area (Å²) in [5, 5.41) is 3.29. The van der Waals surface area contributed by atoms with Crippen LogP contribution in [0.25, 0.3) is 0 Å². The molecule has 1 aliphatic heterocycles. The first-order valence-corrected chi connectivity index (χ1v) is 4.60. The Hall–Kier alpha value is -0.720. The molecule has 0 atom stereocenters. The number of esters is 1. The fraction of sp³-hybridized carbons (Fsp3) is 0.700. The summed E-state index contributed by atoms with van der Waals surface area (Å²) < 4.78 is 4.41. The van der Waals surface area contributed by atoms with Gasteiger partial charge < -0.3 is 10.1 Å². The topological polar surface area (TPSA) is 38.3 Å². The highest BCUT2D eigenvalue weighted by atomic mass is 35.5. The number of carbonyl (C=O) groups is 1. The standard InChI is InChI=1S/C10H15NO2.ClH/c1-13-10(12)4-2-3-9-5-7-11-8-6-9;/h9,11H,3,5-8H2,1H3;1H. The van der Waals surface area contributed by atoms with Gasteiger partial charge in [-0.2, -0.15) is 0 Å². The average molecular weight is 218 g/mol. The third-order valence-corrected chi connectivity index (χ3v) is 2.23. The van der Waals surface area contributed by atoms with E-state index < -0.39 is 5.97 Å². The average Bonchev–Trinajstić information content (AvgIpc) is 2.19. The van der Waals surface area contributed by atoms with Crippen LogP contribution in [-0.4, -0.2) is 26.2 Å². The molecule has 0 amide bonds. The first kappa shape index (κ1) is 13.3. The van der Waals surface area contributed by atoms with Crippen LogP contribution in [0.5, 0.6) is 0 Å². The summed E-state index contributed by atoms with van der Waals surface area (Å²) in [7, 11) is 1.35. The minimum absolute atomic E-state index is 0. The van der Waals surface area contributed by atoms with Crippen molar-refractivity contribution >= 4 is 18.4 Å². The van der Waals surface area contributed by atoms with Crippen LogP contribution in [0.4, 0.5) is 0 Å². The van der Waals surface area contributed by atoms with E-state index in [2.05, 4.69) is 21.9 Å². The molecule has 0 aromatic heterocycles. The van der Waals surface area contributed by atoms with E-state index in [1.807, 2.05) is 0 Å². The SMILES string of the molecule is COC(=O)C#CCC1CCNCC1.Cl. The zero-order valence-electron chi connectivity index (χ0n) is 8.34. The highest BCUT2D eigenvalue weighted by Gasteiger charge is 2.10. The summed E-state index contributed by atoms with van der Waals surface area (Å²) in [5.74, 6) is 5.52. The van der Waals surface area contributed by atoms with Crippen LogP contribution >= 0.6 is 12.4 Å². The van der Waals surface area contributed by atoms with Gasteiger partial charge in [-0.25, -0.2) is 4.79 Å². The molecule has 1 saturated heterocycles. The monoisotopic (exact) mass is 217 g/mol. The maximum atomic E-state index is 10.6. The minimum Gasteiger partial charge on any atom is -0.459 e. The molecule has 1 fully saturated rings. The molecular formula is C10H16ClNO2. The summed E-state index contributed by atoms with van der Waals surface area (Å²) >= 11 is 0. The molecule has 0 aromatic rings. The molecule has 14 heavy (non-hydrogen) atoms. The number of methoxy groups -OCH3 is 1. The molecule has 1 heterocycles. The van der Waals surface area contributed by atoms with Gasteiger partial charge in [0.2, 0.25) is 0 Å². The summed E-state index contributed by atoms with van der Waals surface area (Å²) in [4.78, 5) is 10.6. The first-order valence-electron chi connectivity index (χ1n) is 4.60. The van der Waals surface area contributed by atoms with Gasteiger partial charge in [0.15, 0.2) is 0 Å². The maximum Gasteiger partial charge on any atom is 0.384 e. The quantitative estimate of drug-likeness (QED) is 0.404. The highest BCUT2D eigenvalue weighted by molar-refractivity contribution is 5.88. The Balaban J connectivity index is 0.00000169. The smallest absolute Gasteiger partial charge is 0.384 e. The molecule has 0 aliphatic carbocycles. The molecule has 1 rings (SSSR count). The van der Waals surface area contributed by atoms with Crippen molar-refractivity contribution in [3.63, 3.8) is 0 Å². The zero-order valence-corrected chi connectivity index (χ0v) is 9.15. The summed E-state index contributed by atoms with van der Waals surface area (Å²) in [6.07, 6.45) is 3.14. The lowest BCUT2D eigenvalue weighted by Crippen LogP contribution is -2.27. The number of nitrogens with one attached hydrogen (secondary N) is 1. The molecule has 1 N–H and O–H groups in total. The number of hydrogen-bond donors (Lipinski definition) is 1. The molecule has 0 aromatic carbocycles. The number of halogens is 1. The van der Waals surface area contributed by atoms with Gasteiger partial charge in [0, 0.05) is 12.3 Å². The minimum atomic E-state index is -0.436. The van der Waals surface area contributed by atoms with Gasteiger partial charge in [0.25, 0.3) is 0 Å². The molecule has 0 bridgehead atoms. The number of rotatable bonds is 1. The predicted molar refractivity (Wildman–Crippen MR) is 57.3 cm³/mol. The van der Waals surface area contributed by atoms with Crippen molar-refractivity contribution in [2.24, 2.45) is 5.92 Å². The summed E-state index contributed by atoms with van der Waals surface area (Å²) in [6.45, 7) is 2.15. The van der Waals surface area contributed by atoms with Crippen molar-refractivity contribution < 1.29 is 9.53 Å². The van der Waals surface area contributed by atoms with Crippen molar-refractivity contribution in [3.05, 3.63) is 0 Å². The number of piperidine rings is 1. The van der Waals surface area contributed by atoms with E-state index in [0.29, 0.717) is 5.92 Å². The van der Waals surface area contributed by atoms with Gasteiger partial charge in [0.05, 0.1) is 7.11 Å². The Morgan fingerprint density at radius 1 is 1.50 bits per heavy atom. The number of ether oxygens (including phenoxy) is 1. The van der Waals surface area contributed by atoms with Crippen molar-refractivity contribution in [1.29, 1.82) is 0 Å². The Bertz CT molecular complexity index is 226. The molecule has 4 heteroatoms. The van der Waals surface area contributed by atoms with Crippen LogP contribution in [0.3, 0.4) is 0 Å². The lowest BCUT2D eigenvalue weighted by molar-refractivity contribution is -0.133. The number of hydrogen-bond acceptors (Lipinski definition) is 3. The molecule has 0 spiro atoms. The lowest BCUT2D eigenvalue weighted by atomic mass is 9.95. The number of carbonyl (C=O) groups excluding carboxylic acids is 1. The Kier molecular flexibility index (Phi) is 7.27. The molecule has 80 valence electrons. The molecular weight excluding hydrogens is 202 g/mol.